The van der Waals surface area contributed by atoms with Gasteiger partial charge in [-0.2, -0.15) is 5.10 Å². The molecule has 1 amide bonds. The molecule has 0 spiro atoms. The first-order valence-electron chi connectivity index (χ1n) is 10.6. The van der Waals surface area contributed by atoms with E-state index in [1.165, 1.54) is 36.1 Å². The summed E-state index contributed by atoms with van der Waals surface area (Å²) in [4.78, 5) is 32.1. The summed E-state index contributed by atoms with van der Waals surface area (Å²) < 4.78 is 55.6. The minimum Gasteiger partial charge on any atom is -0.309 e. The summed E-state index contributed by atoms with van der Waals surface area (Å²) in [6.45, 7) is 1.45. The standard InChI is InChI=1S/C22H17ClF4N6O2/c1-8(2-13(34)21(26)27)16-19(25)18(23)17(10-4-29-32-20(10)16)12-6-33-7-14(30-15(33)5-28-12)31-22(35)9-3-11(9)24/h4-9,11,21H,2-3H2,1H3,(H,29,32)(H,31,35)/t8?,9-,11+/m1/s1. The molecule has 0 radical (unpaired) electrons. The molecule has 2 N–H and O–H groups in total. The van der Waals surface area contributed by atoms with Crippen molar-refractivity contribution in [2.45, 2.75) is 38.3 Å². The summed E-state index contributed by atoms with van der Waals surface area (Å²) in [7, 11) is 0. The number of benzene rings is 1. The van der Waals surface area contributed by atoms with Crippen LogP contribution in [0, 0.1) is 11.7 Å². The van der Waals surface area contributed by atoms with Gasteiger partial charge >= 0.3 is 0 Å². The second-order valence-corrected chi connectivity index (χ2v) is 8.84. The van der Waals surface area contributed by atoms with Crippen LogP contribution in [0.2, 0.25) is 5.02 Å². The maximum Gasteiger partial charge on any atom is 0.296 e. The Morgan fingerprint density at radius 2 is 2.06 bits per heavy atom. The van der Waals surface area contributed by atoms with E-state index in [1.54, 1.807) is 0 Å². The van der Waals surface area contributed by atoms with Gasteiger partial charge in [0.05, 0.1) is 40.7 Å². The van der Waals surface area contributed by atoms with Crippen LogP contribution in [0.25, 0.3) is 27.8 Å². The van der Waals surface area contributed by atoms with Crippen LogP contribution in [0.1, 0.15) is 31.2 Å². The van der Waals surface area contributed by atoms with E-state index in [2.05, 4.69) is 25.5 Å². The van der Waals surface area contributed by atoms with Crippen LogP contribution in [0.5, 0.6) is 0 Å². The molecule has 1 fully saturated rings. The Kier molecular flexibility index (Phi) is 5.70. The van der Waals surface area contributed by atoms with Crippen LogP contribution in [-0.2, 0) is 9.59 Å². The molecule has 1 aliphatic carbocycles. The minimum atomic E-state index is -3.16. The van der Waals surface area contributed by atoms with Gasteiger partial charge in [0.15, 0.2) is 17.2 Å². The molecule has 5 rings (SSSR count). The van der Waals surface area contributed by atoms with Gasteiger partial charge < -0.3 is 9.72 Å². The highest BCUT2D eigenvalue weighted by molar-refractivity contribution is 6.35. The Hall–Kier alpha value is -3.54. The van der Waals surface area contributed by atoms with Gasteiger partial charge in [0.1, 0.15) is 12.0 Å². The number of anilines is 1. The van der Waals surface area contributed by atoms with E-state index in [0.29, 0.717) is 11.0 Å². The molecule has 4 aromatic rings. The zero-order chi connectivity index (χ0) is 25.0. The molecule has 1 aromatic carbocycles. The summed E-state index contributed by atoms with van der Waals surface area (Å²) in [6, 6.07) is 0. The number of aromatic nitrogens is 5. The van der Waals surface area contributed by atoms with Crippen molar-refractivity contribution in [3.8, 4) is 11.3 Å². The summed E-state index contributed by atoms with van der Waals surface area (Å²) >= 11 is 6.39. The number of imidazole rings is 1. The van der Waals surface area contributed by atoms with E-state index in [4.69, 9.17) is 11.6 Å². The lowest BCUT2D eigenvalue weighted by Gasteiger charge is -2.17. The molecule has 8 nitrogen and oxygen atoms in total. The van der Waals surface area contributed by atoms with Crippen LogP contribution in [0.15, 0.2) is 24.8 Å². The summed E-state index contributed by atoms with van der Waals surface area (Å²) in [5.74, 6) is -4.01. The lowest BCUT2D eigenvalue weighted by molar-refractivity contribution is -0.129. The van der Waals surface area contributed by atoms with Crippen molar-refractivity contribution < 1.29 is 27.2 Å². The molecule has 1 unspecified atom stereocenters. The zero-order valence-electron chi connectivity index (χ0n) is 18.0. The number of hydrogen-bond donors (Lipinski definition) is 2. The summed E-state index contributed by atoms with van der Waals surface area (Å²) in [6.07, 6.45) is 1.11. The van der Waals surface area contributed by atoms with Crippen molar-refractivity contribution in [3.05, 3.63) is 41.2 Å². The first kappa shape index (κ1) is 23.2. The first-order chi connectivity index (χ1) is 16.7. The fraction of sp³-hybridized carbons (Fsp3) is 0.318. The van der Waals surface area contributed by atoms with Crippen molar-refractivity contribution in [2.75, 3.05) is 5.32 Å². The van der Waals surface area contributed by atoms with Gasteiger partial charge in [0, 0.05) is 29.1 Å². The zero-order valence-corrected chi connectivity index (χ0v) is 18.8. The number of aromatic amines is 1. The molecule has 0 bridgehead atoms. The Labute approximate surface area is 199 Å². The lowest BCUT2D eigenvalue weighted by atomic mass is 9.91. The number of H-pyrrole nitrogens is 1. The van der Waals surface area contributed by atoms with Crippen LogP contribution < -0.4 is 5.32 Å². The Bertz CT molecular complexity index is 1490. The van der Waals surface area contributed by atoms with Crippen LogP contribution in [0.3, 0.4) is 0 Å². The number of carbonyl (C=O) groups is 2. The largest absolute Gasteiger partial charge is 0.309 e. The van der Waals surface area contributed by atoms with E-state index in [9.17, 15) is 22.8 Å². The topological polar surface area (TPSA) is 105 Å². The van der Waals surface area contributed by atoms with Gasteiger partial charge in [0.25, 0.3) is 6.43 Å². The monoisotopic (exact) mass is 508 g/mol. The quantitative estimate of drug-likeness (QED) is 0.352. The molecule has 0 saturated heterocycles. The molecular weight excluding hydrogens is 492 g/mol. The van der Waals surface area contributed by atoms with E-state index in [0.717, 1.165) is 0 Å². The van der Waals surface area contributed by atoms with Crippen molar-refractivity contribution >= 4 is 45.7 Å². The smallest absolute Gasteiger partial charge is 0.296 e. The van der Waals surface area contributed by atoms with Gasteiger partial charge in [-0.15, -0.1) is 0 Å². The Morgan fingerprint density at radius 1 is 1.31 bits per heavy atom. The minimum absolute atomic E-state index is 0.0276. The molecule has 1 aliphatic rings. The summed E-state index contributed by atoms with van der Waals surface area (Å²) in [5, 5.41) is 9.23. The van der Waals surface area contributed by atoms with Gasteiger partial charge in [-0.25, -0.2) is 22.5 Å². The summed E-state index contributed by atoms with van der Waals surface area (Å²) in [5.41, 5.74) is 0.996. The highest BCUT2D eigenvalue weighted by atomic mass is 35.5. The number of amides is 1. The number of rotatable bonds is 7. The van der Waals surface area contributed by atoms with E-state index in [-0.39, 0.29) is 39.6 Å². The molecule has 13 heteroatoms. The molecule has 0 aliphatic heterocycles. The van der Waals surface area contributed by atoms with Crippen molar-refractivity contribution in [1.29, 1.82) is 0 Å². The third-order valence-electron chi connectivity index (χ3n) is 5.97. The maximum absolute atomic E-state index is 15.4. The number of nitrogens with zero attached hydrogens (tertiary/aromatic N) is 4. The molecular formula is C22H17ClF4N6O2. The number of carbonyl (C=O) groups excluding carboxylic acids is 2. The van der Waals surface area contributed by atoms with Crippen LogP contribution in [0.4, 0.5) is 23.4 Å². The van der Waals surface area contributed by atoms with Gasteiger partial charge in [-0.05, 0) is 12.3 Å². The first-order valence-corrected chi connectivity index (χ1v) is 11.0. The van der Waals surface area contributed by atoms with Crippen molar-refractivity contribution in [1.82, 2.24) is 24.6 Å². The normalized spacial score (nSPS) is 18.4. The Balaban J connectivity index is 1.54. The number of Topliss-reactive ketones (excluding diaryl/α,β-unsaturated/α-hetero) is 1. The average Bonchev–Trinajstić information content (AvgIpc) is 3.17. The third kappa shape index (κ3) is 4.11. The van der Waals surface area contributed by atoms with Gasteiger partial charge in [0.2, 0.25) is 5.91 Å². The highest BCUT2D eigenvalue weighted by Crippen LogP contribution is 2.41. The average molecular weight is 509 g/mol. The molecule has 3 heterocycles. The third-order valence-corrected chi connectivity index (χ3v) is 6.32. The van der Waals surface area contributed by atoms with Gasteiger partial charge in [-0.1, -0.05) is 18.5 Å². The molecule has 1 saturated carbocycles. The number of halogens is 5. The lowest BCUT2D eigenvalue weighted by Crippen LogP contribution is -2.15. The highest BCUT2D eigenvalue weighted by Gasteiger charge is 2.43. The SMILES string of the molecule is CC(CC(=O)C(F)F)c1c(F)c(Cl)c(-c2cn3cc(NC(=O)[C@@H]4C[C@@H]4F)nc3cn2)c2cn[nH]c12. The predicted octanol–water partition coefficient (Wildman–Crippen LogP) is 4.69. The predicted molar refractivity (Wildman–Crippen MR) is 119 cm³/mol. The number of hydrogen-bond acceptors (Lipinski definition) is 5. The second-order valence-electron chi connectivity index (χ2n) is 8.46. The van der Waals surface area contributed by atoms with E-state index in [1.807, 2.05) is 0 Å². The fourth-order valence-electron chi connectivity index (χ4n) is 4.09. The number of nitrogens with one attached hydrogen (secondary N) is 2. The Morgan fingerprint density at radius 3 is 2.74 bits per heavy atom. The molecule has 35 heavy (non-hydrogen) atoms. The molecule has 3 atom stereocenters. The second kappa shape index (κ2) is 8.59. The number of ketones is 1. The fourth-order valence-corrected chi connectivity index (χ4v) is 4.39. The molecule has 182 valence electrons. The molecule has 3 aromatic heterocycles. The van der Waals surface area contributed by atoms with E-state index < -0.39 is 48.4 Å². The van der Waals surface area contributed by atoms with Crippen LogP contribution >= 0.6 is 11.6 Å². The van der Waals surface area contributed by atoms with E-state index >= 15 is 4.39 Å². The number of fused-ring (bicyclic) bond motifs is 2. The van der Waals surface area contributed by atoms with Crippen LogP contribution in [-0.4, -0.2) is 48.9 Å². The van der Waals surface area contributed by atoms with Crippen molar-refractivity contribution in [2.24, 2.45) is 5.92 Å². The maximum atomic E-state index is 15.4. The number of alkyl halides is 3. The van der Waals surface area contributed by atoms with Crippen molar-refractivity contribution in [3.63, 3.8) is 0 Å². The van der Waals surface area contributed by atoms with Gasteiger partial charge in [-0.3, -0.25) is 19.7 Å².